The molecule has 2 N–H and O–H groups in total. The van der Waals surface area contributed by atoms with Gasteiger partial charge in [-0.15, -0.1) is 0 Å². The number of hydrogen-bond donors (Lipinski definition) is 2. The van der Waals surface area contributed by atoms with Gasteiger partial charge in [0, 0.05) is 23.8 Å². The highest BCUT2D eigenvalue weighted by Crippen LogP contribution is 2.43. The number of hydrogen-bond acceptors (Lipinski definition) is 5. The zero-order valence-electron chi connectivity index (χ0n) is 18.3. The Labute approximate surface area is 194 Å². The van der Waals surface area contributed by atoms with E-state index in [2.05, 4.69) is 30.4 Å². The summed E-state index contributed by atoms with van der Waals surface area (Å²) in [5, 5.41) is 8.39. The number of aromatic amines is 1. The first-order valence-corrected chi connectivity index (χ1v) is 10.8. The third-order valence-corrected chi connectivity index (χ3v) is 6.17. The van der Waals surface area contributed by atoms with Crippen LogP contribution in [-0.4, -0.2) is 29.7 Å². The lowest BCUT2D eigenvalue weighted by Crippen LogP contribution is -2.12. The highest BCUT2D eigenvalue weighted by molar-refractivity contribution is 6.32. The van der Waals surface area contributed by atoms with Crippen molar-refractivity contribution < 1.29 is 4.39 Å². The van der Waals surface area contributed by atoms with E-state index < -0.39 is 0 Å². The highest BCUT2D eigenvalue weighted by atomic mass is 35.5. The van der Waals surface area contributed by atoms with Gasteiger partial charge < -0.3 is 10.3 Å². The number of aromatic nitrogens is 6. The van der Waals surface area contributed by atoms with Crippen LogP contribution in [0.1, 0.15) is 24.1 Å². The fourth-order valence-electron chi connectivity index (χ4n) is 4.16. The first-order chi connectivity index (χ1) is 15.9. The highest BCUT2D eigenvalue weighted by Gasteiger charge is 2.24. The van der Waals surface area contributed by atoms with Crippen LogP contribution in [0.25, 0.3) is 33.5 Å². The topological polar surface area (TPSA) is 84.3 Å². The second kappa shape index (κ2) is 8.29. The molecule has 5 aromatic rings. The minimum Gasteiger partial charge on any atom is -0.362 e. The van der Waals surface area contributed by atoms with Crippen molar-refractivity contribution in [2.75, 3.05) is 5.32 Å². The van der Waals surface area contributed by atoms with Crippen molar-refractivity contribution in [3.63, 3.8) is 0 Å². The Morgan fingerprint density at radius 2 is 1.97 bits per heavy atom. The molecule has 0 saturated heterocycles. The number of nitrogens with zero attached hydrogens (tertiary/aromatic N) is 5. The van der Waals surface area contributed by atoms with Crippen LogP contribution in [0.4, 0.5) is 10.2 Å². The van der Waals surface area contributed by atoms with Gasteiger partial charge in [-0.05, 0) is 60.4 Å². The number of fused-ring (bicyclic) bond motifs is 1. The maximum Gasteiger partial charge on any atom is 0.162 e. The van der Waals surface area contributed by atoms with E-state index in [1.165, 1.54) is 18.5 Å². The molecule has 3 aromatic heterocycles. The third-order valence-electron chi connectivity index (χ3n) is 5.78. The van der Waals surface area contributed by atoms with Gasteiger partial charge in [0.1, 0.15) is 17.7 Å². The quantitative estimate of drug-likeness (QED) is 0.351. The van der Waals surface area contributed by atoms with Crippen LogP contribution in [0, 0.1) is 12.7 Å². The molecule has 0 aliphatic heterocycles. The van der Waals surface area contributed by atoms with E-state index in [0.29, 0.717) is 22.0 Å². The Morgan fingerprint density at radius 1 is 1.12 bits per heavy atom. The first kappa shape index (κ1) is 21.1. The number of anilines is 1. The number of H-pyrrole nitrogens is 1. The largest absolute Gasteiger partial charge is 0.362 e. The van der Waals surface area contributed by atoms with E-state index in [1.54, 1.807) is 23.3 Å². The summed E-state index contributed by atoms with van der Waals surface area (Å²) in [4.78, 5) is 15.9. The number of imidazole rings is 1. The average Bonchev–Trinajstić information content (AvgIpc) is 3.44. The number of rotatable bonds is 5. The number of benzene rings is 2. The van der Waals surface area contributed by atoms with Gasteiger partial charge >= 0.3 is 0 Å². The molecule has 0 amide bonds. The molecular weight excluding hydrogens is 441 g/mol. The van der Waals surface area contributed by atoms with E-state index >= 15 is 0 Å². The normalized spacial score (nSPS) is 12.3. The standard InChI is InChI=1S/C24H21ClFN7/c1-13-18(25)10-17(14(2)32-24-22-23(28-11-27-22)29-12-30-24)21(15-5-4-6-16(26)9-15)20(13)19-7-8-31-33(19)3/h4-12,14H,1-3H3,(H2,27,28,29,30,32). The van der Waals surface area contributed by atoms with Crippen LogP contribution in [0.15, 0.2) is 55.2 Å². The summed E-state index contributed by atoms with van der Waals surface area (Å²) >= 11 is 6.73. The Kier molecular flexibility index (Phi) is 5.30. The van der Waals surface area contributed by atoms with Gasteiger partial charge in [0.2, 0.25) is 0 Å². The van der Waals surface area contributed by atoms with Gasteiger partial charge in [-0.2, -0.15) is 5.10 Å². The van der Waals surface area contributed by atoms with Crippen molar-refractivity contribution in [3.05, 3.63) is 77.2 Å². The molecule has 1 atom stereocenters. The van der Waals surface area contributed by atoms with E-state index in [4.69, 9.17) is 11.6 Å². The molecule has 166 valence electrons. The second-order valence-electron chi connectivity index (χ2n) is 7.86. The molecule has 0 aliphatic rings. The van der Waals surface area contributed by atoms with Crippen LogP contribution >= 0.6 is 11.6 Å². The van der Waals surface area contributed by atoms with Gasteiger partial charge in [0.25, 0.3) is 0 Å². The van der Waals surface area contributed by atoms with Crippen LogP contribution in [0.2, 0.25) is 5.02 Å². The van der Waals surface area contributed by atoms with E-state index in [-0.39, 0.29) is 11.9 Å². The fourth-order valence-corrected chi connectivity index (χ4v) is 4.37. The molecule has 0 radical (unpaired) electrons. The molecule has 1 unspecified atom stereocenters. The van der Waals surface area contributed by atoms with Crippen LogP contribution in [-0.2, 0) is 7.05 Å². The number of nitrogens with one attached hydrogen (secondary N) is 2. The summed E-state index contributed by atoms with van der Waals surface area (Å²) in [6.45, 7) is 3.98. The first-order valence-electron chi connectivity index (χ1n) is 10.4. The van der Waals surface area contributed by atoms with Crippen molar-refractivity contribution in [2.45, 2.75) is 19.9 Å². The molecule has 5 rings (SSSR count). The number of halogens is 2. The summed E-state index contributed by atoms with van der Waals surface area (Å²) in [6.07, 6.45) is 4.80. The summed E-state index contributed by atoms with van der Waals surface area (Å²) in [5.74, 6) is 0.286. The minimum absolute atomic E-state index is 0.233. The molecule has 9 heteroatoms. The van der Waals surface area contributed by atoms with E-state index in [1.807, 2.05) is 39.1 Å². The van der Waals surface area contributed by atoms with Crippen molar-refractivity contribution in [1.82, 2.24) is 29.7 Å². The van der Waals surface area contributed by atoms with Crippen LogP contribution < -0.4 is 5.32 Å². The predicted octanol–water partition coefficient (Wildman–Crippen LogP) is 5.69. The molecule has 2 aromatic carbocycles. The van der Waals surface area contributed by atoms with Gasteiger partial charge in [-0.25, -0.2) is 19.3 Å². The summed E-state index contributed by atoms with van der Waals surface area (Å²) in [7, 11) is 1.88. The smallest absolute Gasteiger partial charge is 0.162 e. The van der Waals surface area contributed by atoms with Gasteiger partial charge in [-0.1, -0.05) is 23.7 Å². The second-order valence-corrected chi connectivity index (χ2v) is 8.27. The summed E-state index contributed by atoms with van der Waals surface area (Å²) in [5.41, 5.74) is 6.50. The lowest BCUT2D eigenvalue weighted by Gasteiger charge is -2.24. The van der Waals surface area contributed by atoms with Crippen molar-refractivity contribution in [3.8, 4) is 22.4 Å². The van der Waals surface area contributed by atoms with Crippen LogP contribution in [0.5, 0.6) is 0 Å². The molecule has 0 aliphatic carbocycles. The minimum atomic E-state index is -0.309. The third kappa shape index (κ3) is 3.72. The summed E-state index contributed by atoms with van der Waals surface area (Å²) < 4.78 is 16.1. The Morgan fingerprint density at radius 3 is 2.73 bits per heavy atom. The number of aryl methyl sites for hydroxylation is 1. The average molecular weight is 462 g/mol. The summed E-state index contributed by atoms with van der Waals surface area (Å²) in [6, 6.07) is 10.2. The SMILES string of the molecule is Cc1c(Cl)cc(C(C)Nc2ncnc3[nH]cnc23)c(-c2cccc(F)c2)c1-c1ccnn1C. The van der Waals surface area contributed by atoms with E-state index in [9.17, 15) is 4.39 Å². The molecule has 0 spiro atoms. The maximum absolute atomic E-state index is 14.3. The zero-order chi connectivity index (χ0) is 23.1. The lowest BCUT2D eigenvalue weighted by molar-refractivity contribution is 0.628. The van der Waals surface area contributed by atoms with Crippen molar-refractivity contribution in [2.24, 2.45) is 7.05 Å². The Hall–Kier alpha value is -3.78. The maximum atomic E-state index is 14.3. The lowest BCUT2D eigenvalue weighted by atomic mass is 9.87. The van der Waals surface area contributed by atoms with Crippen LogP contribution in [0.3, 0.4) is 0 Å². The molecule has 0 fully saturated rings. The van der Waals surface area contributed by atoms with Gasteiger partial charge in [0.05, 0.1) is 18.1 Å². The monoisotopic (exact) mass is 461 g/mol. The zero-order valence-corrected chi connectivity index (χ0v) is 19.0. The van der Waals surface area contributed by atoms with E-state index in [0.717, 1.165) is 33.5 Å². The Bertz CT molecular complexity index is 1470. The molecule has 0 saturated carbocycles. The van der Waals surface area contributed by atoms with Crippen molar-refractivity contribution >= 4 is 28.6 Å². The van der Waals surface area contributed by atoms with Gasteiger partial charge in [0.15, 0.2) is 11.5 Å². The molecule has 33 heavy (non-hydrogen) atoms. The molecule has 7 nitrogen and oxygen atoms in total. The van der Waals surface area contributed by atoms with Crippen molar-refractivity contribution in [1.29, 1.82) is 0 Å². The van der Waals surface area contributed by atoms with Gasteiger partial charge in [-0.3, -0.25) is 4.68 Å². The molecular formula is C24H21ClFN7. The molecule has 0 bridgehead atoms. The Balaban J connectivity index is 1.74. The predicted molar refractivity (Wildman–Crippen MR) is 128 cm³/mol. The molecule has 3 heterocycles. The fraction of sp³-hybridized carbons (Fsp3) is 0.167.